The molecule has 2 aromatic carbocycles. The van der Waals surface area contributed by atoms with Gasteiger partial charge >= 0.3 is 12.4 Å². The molecular weight excluding hydrogens is 452 g/mol. The number of carbonyl (C=O) groups is 1. The fourth-order valence-corrected chi connectivity index (χ4v) is 3.03. The zero-order valence-corrected chi connectivity index (χ0v) is 17.3. The van der Waals surface area contributed by atoms with E-state index in [2.05, 4.69) is 15.2 Å². The minimum absolute atomic E-state index is 0.0671. The molecule has 3 aromatic rings. The number of aryl methyl sites for hydroxylation is 1. The largest absolute Gasteiger partial charge is 0.416 e. The van der Waals surface area contributed by atoms with E-state index in [1.807, 2.05) is 0 Å². The molecule has 0 radical (unpaired) electrons. The Hall–Kier alpha value is -3.34. The van der Waals surface area contributed by atoms with E-state index < -0.39 is 30.4 Å². The minimum Gasteiger partial charge on any atom is -0.367 e. The first-order chi connectivity index (χ1) is 15.4. The van der Waals surface area contributed by atoms with Gasteiger partial charge in [-0.2, -0.15) is 31.4 Å². The van der Waals surface area contributed by atoms with Gasteiger partial charge in [0.05, 0.1) is 18.7 Å². The van der Waals surface area contributed by atoms with Crippen LogP contribution in [0.3, 0.4) is 0 Å². The number of halogens is 6. The third kappa shape index (κ3) is 7.07. The molecule has 11 heteroatoms. The lowest BCUT2D eigenvalue weighted by Crippen LogP contribution is -2.17. The molecule has 1 heterocycles. The second-order valence-corrected chi connectivity index (χ2v) is 7.29. The summed E-state index contributed by atoms with van der Waals surface area (Å²) in [5.74, 6) is -0.361. The number of hydrogen-bond donors (Lipinski definition) is 1. The first-order valence-corrected chi connectivity index (χ1v) is 9.66. The van der Waals surface area contributed by atoms with Crippen LogP contribution in [0.2, 0.25) is 0 Å². The standard InChI is InChI=1S/C22H19F6N3O2/c1-14-8-19(30-31(14)11-15-4-3-7-18(10-15)22(26,27)28)29-20(32)17-6-2-5-16(9-17)12-33-13-21(23,24)25/h2-10H,11-13H2,1H3,(H,29,30,32). The van der Waals surface area contributed by atoms with Crippen LogP contribution in [0.15, 0.2) is 54.6 Å². The molecule has 5 nitrogen and oxygen atoms in total. The van der Waals surface area contributed by atoms with Crippen molar-refractivity contribution in [2.45, 2.75) is 32.4 Å². The Bertz CT molecular complexity index is 1120. The molecule has 0 spiro atoms. The van der Waals surface area contributed by atoms with Crippen LogP contribution in [0, 0.1) is 6.92 Å². The van der Waals surface area contributed by atoms with Crippen LogP contribution in [0.4, 0.5) is 32.2 Å². The molecule has 0 fully saturated rings. The van der Waals surface area contributed by atoms with Crippen molar-refractivity contribution in [2.24, 2.45) is 0 Å². The summed E-state index contributed by atoms with van der Waals surface area (Å²) >= 11 is 0. The summed E-state index contributed by atoms with van der Waals surface area (Å²) in [6, 6.07) is 12.3. The molecule has 3 rings (SSSR count). The molecular formula is C22H19F6N3O2. The summed E-state index contributed by atoms with van der Waals surface area (Å²) in [5, 5.41) is 6.79. The highest BCUT2D eigenvalue weighted by atomic mass is 19.4. The third-order valence-electron chi connectivity index (χ3n) is 4.53. The van der Waals surface area contributed by atoms with Crippen molar-refractivity contribution in [1.29, 1.82) is 0 Å². The summed E-state index contributed by atoms with van der Waals surface area (Å²) in [4.78, 5) is 12.5. The van der Waals surface area contributed by atoms with Crippen molar-refractivity contribution >= 4 is 11.7 Å². The molecule has 0 aliphatic heterocycles. The predicted molar refractivity (Wildman–Crippen MR) is 108 cm³/mol. The number of carbonyl (C=O) groups excluding carboxylic acids is 1. The molecule has 0 aliphatic rings. The van der Waals surface area contributed by atoms with E-state index >= 15 is 0 Å². The van der Waals surface area contributed by atoms with Crippen LogP contribution in [-0.4, -0.2) is 28.5 Å². The van der Waals surface area contributed by atoms with Crippen LogP contribution in [-0.2, 0) is 24.1 Å². The number of aromatic nitrogens is 2. The minimum atomic E-state index is -4.46. The van der Waals surface area contributed by atoms with Gasteiger partial charge in [0.25, 0.3) is 5.91 Å². The van der Waals surface area contributed by atoms with E-state index in [1.165, 1.54) is 35.0 Å². The van der Waals surface area contributed by atoms with E-state index in [9.17, 15) is 31.1 Å². The first-order valence-electron chi connectivity index (χ1n) is 9.66. The number of benzene rings is 2. The van der Waals surface area contributed by atoms with Gasteiger partial charge < -0.3 is 10.1 Å². The average molecular weight is 471 g/mol. The maximum absolute atomic E-state index is 12.9. The maximum atomic E-state index is 12.9. The molecule has 0 saturated carbocycles. The monoisotopic (exact) mass is 471 g/mol. The second kappa shape index (κ2) is 9.65. The number of amides is 1. The number of nitrogens with zero attached hydrogens (tertiary/aromatic N) is 2. The van der Waals surface area contributed by atoms with Crippen molar-refractivity contribution in [1.82, 2.24) is 9.78 Å². The van der Waals surface area contributed by atoms with Gasteiger partial charge in [0.1, 0.15) is 6.61 Å². The van der Waals surface area contributed by atoms with E-state index in [1.54, 1.807) is 19.1 Å². The van der Waals surface area contributed by atoms with Crippen molar-refractivity contribution in [3.8, 4) is 0 Å². The Morgan fingerprint density at radius 2 is 1.70 bits per heavy atom. The summed E-state index contributed by atoms with van der Waals surface area (Å²) < 4.78 is 81.4. The van der Waals surface area contributed by atoms with E-state index in [0.29, 0.717) is 16.8 Å². The van der Waals surface area contributed by atoms with E-state index in [0.717, 1.165) is 12.1 Å². The number of nitrogens with one attached hydrogen (secondary N) is 1. The van der Waals surface area contributed by atoms with Gasteiger partial charge in [-0.15, -0.1) is 0 Å². The summed E-state index contributed by atoms with van der Waals surface area (Å²) in [7, 11) is 0. The predicted octanol–water partition coefficient (Wildman–Crippen LogP) is 5.59. The molecule has 1 N–H and O–H groups in total. The Labute approximate surface area is 185 Å². The van der Waals surface area contributed by atoms with Crippen LogP contribution < -0.4 is 5.32 Å². The van der Waals surface area contributed by atoms with Gasteiger partial charge in [0.15, 0.2) is 5.82 Å². The topological polar surface area (TPSA) is 56.1 Å². The van der Waals surface area contributed by atoms with Gasteiger partial charge in [-0.25, -0.2) is 0 Å². The Balaban J connectivity index is 1.66. The van der Waals surface area contributed by atoms with Gasteiger partial charge in [0.2, 0.25) is 0 Å². The highest BCUT2D eigenvalue weighted by Gasteiger charge is 2.30. The highest BCUT2D eigenvalue weighted by Crippen LogP contribution is 2.29. The summed E-state index contributed by atoms with van der Waals surface area (Å²) in [6.45, 7) is 0.0455. The lowest BCUT2D eigenvalue weighted by atomic mass is 10.1. The zero-order chi connectivity index (χ0) is 24.2. The quantitative estimate of drug-likeness (QED) is 0.457. The second-order valence-electron chi connectivity index (χ2n) is 7.29. The number of alkyl halides is 6. The van der Waals surface area contributed by atoms with Crippen LogP contribution in [0.25, 0.3) is 0 Å². The molecule has 33 heavy (non-hydrogen) atoms. The van der Waals surface area contributed by atoms with Crippen LogP contribution in [0.1, 0.15) is 32.7 Å². The number of hydrogen-bond acceptors (Lipinski definition) is 3. The van der Waals surface area contributed by atoms with Gasteiger partial charge in [-0.05, 0) is 42.3 Å². The van der Waals surface area contributed by atoms with Gasteiger partial charge in [0, 0.05) is 17.3 Å². The summed E-state index contributed by atoms with van der Waals surface area (Å²) in [5.41, 5.74) is 0.807. The number of rotatable bonds is 7. The van der Waals surface area contributed by atoms with E-state index in [4.69, 9.17) is 0 Å². The zero-order valence-electron chi connectivity index (χ0n) is 17.3. The molecule has 1 aromatic heterocycles. The van der Waals surface area contributed by atoms with Crippen molar-refractivity contribution < 1.29 is 35.9 Å². The molecule has 176 valence electrons. The SMILES string of the molecule is Cc1cc(NC(=O)c2cccc(COCC(F)(F)F)c2)nn1Cc1cccc(C(F)(F)F)c1. The Morgan fingerprint density at radius 1 is 1.00 bits per heavy atom. The number of ether oxygens (including phenoxy) is 1. The molecule has 0 saturated heterocycles. The van der Waals surface area contributed by atoms with Gasteiger partial charge in [-0.3, -0.25) is 9.48 Å². The van der Waals surface area contributed by atoms with Crippen molar-refractivity contribution in [3.05, 3.63) is 82.5 Å². The van der Waals surface area contributed by atoms with E-state index in [-0.39, 0.29) is 24.5 Å². The molecule has 0 aliphatic carbocycles. The van der Waals surface area contributed by atoms with Crippen molar-refractivity contribution in [2.75, 3.05) is 11.9 Å². The van der Waals surface area contributed by atoms with Crippen LogP contribution >= 0.6 is 0 Å². The smallest absolute Gasteiger partial charge is 0.367 e. The summed E-state index contributed by atoms with van der Waals surface area (Å²) in [6.07, 6.45) is -8.90. The fourth-order valence-electron chi connectivity index (χ4n) is 3.03. The normalized spacial score (nSPS) is 12.1. The number of anilines is 1. The molecule has 0 atom stereocenters. The lowest BCUT2D eigenvalue weighted by Gasteiger charge is -2.10. The molecule has 0 unspecified atom stereocenters. The average Bonchev–Trinajstić information content (AvgIpc) is 3.05. The van der Waals surface area contributed by atoms with Crippen LogP contribution in [0.5, 0.6) is 0 Å². The lowest BCUT2D eigenvalue weighted by molar-refractivity contribution is -0.176. The fraction of sp³-hybridized carbons (Fsp3) is 0.273. The third-order valence-corrected chi connectivity index (χ3v) is 4.53. The molecule has 1 amide bonds. The van der Waals surface area contributed by atoms with Gasteiger partial charge in [-0.1, -0.05) is 24.3 Å². The maximum Gasteiger partial charge on any atom is 0.416 e. The first kappa shape index (κ1) is 24.3. The Kier molecular flexibility index (Phi) is 7.11. The van der Waals surface area contributed by atoms with Crippen molar-refractivity contribution in [3.63, 3.8) is 0 Å². The highest BCUT2D eigenvalue weighted by molar-refractivity contribution is 6.03. The molecule has 0 bridgehead atoms. The Morgan fingerprint density at radius 3 is 2.39 bits per heavy atom.